The lowest BCUT2D eigenvalue weighted by molar-refractivity contribution is 0.195. The zero-order valence-electron chi connectivity index (χ0n) is 12.5. The number of pyridine rings is 1. The summed E-state index contributed by atoms with van der Waals surface area (Å²) < 4.78 is 25.8. The molecule has 2 N–H and O–H groups in total. The molecule has 2 aromatic heterocycles. The number of halogens is 2. The summed E-state index contributed by atoms with van der Waals surface area (Å²) in [5.41, 5.74) is 1.58. The number of alkyl halides is 2. The van der Waals surface area contributed by atoms with E-state index in [-0.39, 0.29) is 5.57 Å². The maximum atomic E-state index is 12.9. The number of nitrogens with zero attached hydrogens (tertiary/aromatic N) is 2. The van der Waals surface area contributed by atoms with Crippen molar-refractivity contribution < 1.29 is 8.78 Å². The van der Waals surface area contributed by atoms with Gasteiger partial charge in [0.05, 0.1) is 6.33 Å². The third-order valence-corrected chi connectivity index (χ3v) is 3.05. The van der Waals surface area contributed by atoms with Crippen LogP contribution in [0.2, 0.25) is 0 Å². The van der Waals surface area contributed by atoms with Crippen LogP contribution < -0.4 is 5.32 Å². The highest BCUT2D eigenvalue weighted by Gasteiger charge is 2.07. The van der Waals surface area contributed by atoms with Gasteiger partial charge in [0, 0.05) is 36.6 Å². The predicted octanol–water partition coefficient (Wildman–Crippen LogP) is 3.85. The molecule has 0 fully saturated rings. The number of imidazole rings is 1. The van der Waals surface area contributed by atoms with Crippen LogP contribution in [-0.2, 0) is 6.42 Å². The Morgan fingerprint density at radius 2 is 2.22 bits per heavy atom. The van der Waals surface area contributed by atoms with Crippen LogP contribution in [0.15, 0.2) is 61.2 Å². The van der Waals surface area contributed by atoms with E-state index >= 15 is 0 Å². The monoisotopic (exact) mass is 316 g/mol. The maximum absolute atomic E-state index is 12.9. The summed E-state index contributed by atoms with van der Waals surface area (Å²) in [7, 11) is 0. The molecule has 6 heteroatoms. The van der Waals surface area contributed by atoms with Crippen LogP contribution in [0.4, 0.5) is 14.6 Å². The first kappa shape index (κ1) is 16.6. The van der Waals surface area contributed by atoms with Gasteiger partial charge < -0.3 is 10.3 Å². The topological polar surface area (TPSA) is 53.6 Å². The van der Waals surface area contributed by atoms with Crippen molar-refractivity contribution in [3.8, 4) is 0 Å². The molecule has 2 heterocycles. The Morgan fingerprint density at radius 1 is 1.35 bits per heavy atom. The molecule has 0 unspecified atom stereocenters. The summed E-state index contributed by atoms with van der Waals surface area (Å²) in [4.78, 5) is 11.2. The van der Waals surface area contributed by atoms with Crippen molar-refractivity contribution in [1.29, 1.82) is 0 Å². The summed E-state index contributed by atoms with van der Waals surface area (Å²) in [6.45, 7) is 4.17. The summed E-state index contributed by atoms with van der Waals surface area (Å²) >= 11 is 0. The van der Waals surface area contributed by atoms with Crippen LogP contribution in [0.3, 0.4) is 0 Å². The molecule has 0 spiro atoms. The number of anilines is 1. The molecular formula is C17H18F2N4. The number of hydrogen-bond acceptors (Lipinski definition) is 3. The van der Waals surface area contributed by atoms with Gasteiger partial charge in [-0.25, -0.2) is 18.7 Å². The van der Waals surface area contributed by atoms with Crippen LogP contribution in [-0.4, -0.2) is 27.9 Å². The molecule has 0 saturated carbocycles. The lowest BCUT2D eigenvalue weighted by atomic mass is 10.1. The Kier molecular flexibility index (Phi) is 6.23. The molecule has 0 saturated heterocycles. The molecule has 0 aliphatic carbocycles. The van der Waals surface area contributed by atoms with Gasteiger partial charge in [0.25, 0.3) is 6.43 Å². The van der Waals surface area contributed by atoms with Crippen LogP contribution in [0, 0.1) is 0 Å². The van der Waals surface area contributed by atoms with Crippen molar-refractivity contribution in [2.75, 3.05) is 11.9 Å². The van der Waals surface area contributed by atoms with Crippen LogP contribution in [0.1, 0.15) is 11.3 Å². The van der Waals surface area contributed by atoms with Gasteiger partial charge in [-0.3, -0.25) is 0 Å². The Balaban J connectivity index is 1.95. The zero-order valence-corrected chi connectivity index (χ0v) is 12.5. The second-order valence-electron chi connectivity index (χ2n) is 4.77. The molecule has 0 atom stereocenters. The van der Waals surface area contributed by atoms with Gasteiger partial charge in [0.1, 0.15) is 5.82 Å². The Labute approximate surface area is 133 Å². The molecule has 120 valence electrons. The van der Waals surface area contributed by atoms with E-state index < -0.39 is 6.43 Å². The molecule has 0 aliphatic heterocycles. The Bertz CT molecular complexity index is 658. The van der Waals surface area contributed by atoms with Gasteiger partial charge in [-0.15, -0.1) is 0 Å². The van der Waals surface area contributed by atoms with E-state index in [2.05, 4.69) is 26.8 Å². The largest absolute Gasteiger partial charge is 0.370 e. The van der Waals surface area contributed by atoms with Gasteiger partial charge in [-0.05, 0) is 23.8 Å². The second-order valence-corrected chi connectivity index (χ2v) is 4.77. The van der Waals surface area contributed by atoms with Gasteiger partial charge in [0.2, 0.25) is 0 Å². The first-order chi connectivity index (χ1) is 11.2. The highest BCUT2D eigenvalue weighted by atomic mass is 19.3. The Morgan fingerprint density at radius 3 is 2.83 bits per heavy atom. The number of hydrogen-bond donors (Lipinski definition) is 2. The minimum absolute atomic E-state index is 0.0772. The number of H-pyrrole nitrogens is 1. The van der Waals surface area contributed by atoms with Crippen LogP contribution in [0.25, 0.3) is 6.08 Å². The van der Waals surface area contributed by atoms with Crippen LogP contribution in [0.5, 0.6) is 0 Å². The molecule has 0 amide bonds. The molecule has 23 heavy (non-hydrogen) atoms. The third kappa shape index (κ3) is 5.50. The van der Waals surface area contributed by atoms with E-state index in [0.717, 1.165) is 12.1 Å². The number of allylic oxidation sites excluding steroid dienone is 4. The smallest absolute Gasteiger partial charge is 0.263 e. The van der Waals surface area contributed by atoms with Crippen molar-refractivity contribution in [1.82, 2.24) is 15.0 Å². The minimum Gasteiger partial charge on any atom is -0.370 e. The zero-order chi connectivity index (χ0) is 16.5. The van der Waals surface area contributed by atoms with Gasteiger partial charge in [-0.2, -0.15) is 0 Å². The van der Waals surface area contributed by atoms with Crippen molar-refractivity contribution in [3.63, 3.8) is 0 Å². The van der Waals surface area contributed by atoms with E-state index in [1.807, 2.05) is 0 Å². The van der Waals surface area contributed by atoms with Crippen molar-refractivity contribution in [3.05, 3.63) is 72.5 Å². The molecule has 0 aromatic carbocycles. The van der Waals surface area contributed by atoms with Crippen molar-refractivity contribution in [2.24, 2.45) is 0 Å². The minimum atomic E-state index is -2.54. The molecule has 2 aromatic rings. The van der Waals surface area contributed by atoms with Crippen molar-refractivity contribution in [2.45, 2.75) is 12.8 Å². The fourth-order valence-electron chi connectivity index (χ4n) is 1.90. The van der Waals surface area contributed by atoms with E-state index in [0.29, 0.717) is 17.9 Å². The van der Waals surface area contributed by atoms with Gasteiger partial charge in [0.15, 0.2) is 0 Å². The number of aromatic amines is 1. The van der Waals surface area contributed by atoms with Gasteiger partial charge >= 0.3 is 0 Å². The van der Waals surface area contributed by atoms with Crippen molar-refractivity contribution >= 4 is 11.9 Å². The Hall–Kier alpha value is -2.76. The number of rotatable bonds is 8. The first-order valence-corrected chi connectivity index (χ1v) is 7.15. The fraction of sp³-hybridized carbons (Fsp3) is 0.176. The molecular weight excluding hydrogens is 298 g/mol. The SMILES string of the molecule is C=C/C=C\C(=C\c1ccc(NCCc2cnc[nH]2)nc1)C(F)F. The summed E-state index contributed by atoms with van der Waals surface area (Å²) in [5, 5.41) is 3.17. The molecule has 2 rings (SSSR count). The second kappa shape index (κ2) is 8.63. The normalized spacial score (nSPS) is 12.0. The average Bonchev–Trinajstić information content (AvgIpc) is 3.06. The molecule has 0 aliphatic rings. The lowest BCUT2D eigenvalue weighted by Gasteiger charge is -2.05. The maximum Gasteiger partial charge on any atom is 0.263 e. The fourth-order valence-corrected chi connectivity index (χ4v) is 1.90. The predicted molar refractivity (Wildman–Crippen MR) is 88.3 cm³/mol. The summed E-state index contributed by atoms with van der Waals surface area (Å²) in [6.07, 6.45) is 8.91. The average molecular weight is 316 g/mol. The van der Waals surface area contributed by atoms with E-state index in [4.69, 9.17) is 0 Å². The van der Waals surface area contributed by atoms with Crippen LogP contribution >= 0.6 is 0 Å². The number of aromatic nitrogens is 3. The molecule has 0 radical (unpaired) electrons. The first-order valence-electron chi connectivity index (χ1n) is 7.15. The van der Waals surface area contributed by atoms with E-state index in [1.165, 1.54) is 24.3 Å². The standard InChI is InChI=1S/C17H18F2N4/c1-2-3-4-14(17(18)19)9-13-5-6-16(22-10-13)21-8-7-15-11-20-12-23-15/h2-6,9-12,17H,1,7-8H2,(H,20,23)(H,21,22)/b4-3-,14-9-. The summed E-state index contributed by atoms with van der Waals surface area (Å²) in [6, 6.07) is 3.51. The van der Waals surface area contributed by atoms with E-state index in [1.54, 1.807) is 30.9 Å². The highest BCUT2D eigenvalue weighted by Crippen LogP contribution is 2.16. The van der Waals surface area contributed by atoms with E-state index in [9.17, 15) is 8.78 Å². The van der Waals surface area contributed by atoms with Gasteiger partial charge in [-0.1, -0.05) is 24.8 Å². The summed E-state index contributed by atoms with van der Waals surface area (Å²) in [5.74, 6) is 0.696. The highest BCUT2D eigenvalue weighted by molar-refractivity contribution is 5.57. The molecule has 4 nitrogen and oxygen atoms in total. The number of nitrogens with one attached hydrogen (secondary N) is 2. The molecule has 0 bridgehead atoms. The quantitative estimate of drug-likeness (QED) is 0.727. The lowest BCUT2D eigenvalue weighted by Crippen LogP contribution is -2.06. The third-order valence-electron chi connectivity index (χ3n) is 3.05.